The molecule has 31 heavy (non-hydrogen) atoms. The highest BCUT2D eigenvalue weighted by atomic mass is 35.5. The number of carbonyl (C=O) groups excluding carboxylic acids is 2. The van der Waals surface area contributed by atoms with Crippen LogP contribution in [0, 0.1) is 5.92 Å². The third-order valence-electron chi connectivity index (χ3n) is 5.50. The van der Waals surface area contributed by atoms with Crippen LogP contribution < -0.4 is 9.47 Å². The van der Waals surface area contributed by atoms with E-state index in [2.05, 4.69) is 0 Å². The lowest BCUT2D eigenvalue weighted by atomic mass is 10.1. The van der Waals surface area contributed by atoms with Crippen LogP contribution in [0.15, 0.2) is 36.4 Å². The molecule has 1 aliphatic rings. The van der Waals surface area contributed by atoms with Crippen molar-refractivity contribution >= 4 is 35.0 Å². The third kappa shape index (κ3) is 5.43. The molecule has 1 saturated heterocycles. The van der Waals surface area contributed by atoms with Crippen molar-refractivity contribution in [1.82, 2.24) is 9.80 Å². The van der Waals surface area contributed by atoms with E-state index in [1.165, 1.54) is 0 Å². The van der Waals surface area contributed by atoms with Crippen LogP contribution >= 0.6 is 23.2 Å². The predicted octanol–water partition coefficient (Wildman–Crippen LogP) is 4.06. The molecule has 0 spiro atoms. The molecule has 2 aromatic carbocycles. The van der Waals surface area contributed by atoms with Crippen molar-refractivity contribution in [2.75, 3.05) is 34.4 Å². The topological polar surface area (TPSA) is 59.1 Å². The van der Waals surface area contributed by atoms with Gasteiger partial charge in [-0.1, -0.05) is 41.4 Å². The number of benzene rings is 2. The largest absolute Gasteiger partial charge is 0.493 e. The predicted molar refractivity (Wildman–Crippen MR) is 121 cm³/mol. The number of likely N-dealkylation sites (tertiary alicyclic amines) is 1. The van der Waals surface area contributed by atoms with Crippen molar-refractivity contribution in [2.45, 2.75) is 19.4 Å². The molecule has 0 aliphatic carbocycles. The number of hydrogen-bond acceptors (Lipinski definition) is 4. The number of ether oxygens (including phenoxy) is 2. The SMILES string of the molecule is COc1ccc(CCN2CC(C(=O)N(C)Cc3cccc(Cl)c3Cl)CC2=O)cc1OC. The zero-order valence-corrected chi connectivity index (χ0v) is 19.4. The molecule has 0 N–H and O–H groups in total. The second-order valence-electron chi connectivity index (χ2n) is 7.59. The van der Waals surface area contributed by atoms with Crippen LogP contribution in [0.5, 0.6) is 11.5 Å². The molecule has 2 amide bonds. The molecule has 166 valence electrons. The summed E-state index contributed by atoms with van der Waals surface area (Å²) in [5.41, 5.74) is 1.81. The maximum Gasteiger partial charge on any atom is 0.228 e. The highest BCUT2D eigenvalue weighted by molar-refractivity contribution is 6.42. The number of nitrogens with zero attached hydrogens (tertiary/aromatic N) is 2. The molecule has 6 nitrogen and oxygen atoms in total. The van der Waals surface area contributed by atoms with Gasteiger partial charge in [0.25, 0.3) is 0 Å². The van der Waals surface area contributed by atoms with Gasteiger partial charge >= 0.3 is 0 Å². The average molecular weight is 465 g/mol. The lowest BCUT2D eigenvalue weighted by molar-refractivity contribution is -0.135. The van der Waals surface area contributed by atoms with Gasteiger partial charge in [-0.2, -0.15) is 0 Å². The first-order valence-electron chi connectivity index (χ1n) is 10.0. The second kappa shape index (κ2) is 10.2. The smallest absolute Gasteiger partial charge is 0.228 e. The first-order valence-corrected chi connectivity index (χ1v) is 10.8. The minimum Gasteiger partial charge on any atom is -0.493 e. The number of hydrogen-bond donors (Lipinski definition) is 0. The lowest BCUT2D eigenvalue weighted by Gasteiger charge is -2.22. The maximum absolute atomic E-state index is 12.9. The van der Waals surface area contributed by atoms with Crippen molar-refractivity contribution in [1.29, 1.82) is 0 Å². The minimum absolute atomic E-state index is 0.00647. The first-order chi connectivity index (χ1) is 14.8. The van der Waals surface area contributed by atoms with Crippen LogP contribution in [0.1, 0.15) is 17.5 Å². The van der Waals surface area contributed by atoms with Crippen molar-refractivity contribution in [2.24, 2.45) is 5.92 Å². The molecule has 0 bridgehead atoms. The zero-order valence-electron chi connectivity index (χ0n) is 17.9. The van der Waals surface area contributed by atoms with E-state index in [0.717, 1.165) is 11.1 Å². The summed E-state index contributed by atoms with van der Waals surface area (Å²) >= 11 is 12.3. The summed E-state index contributed by atoms with van der Waals surface area (Å²) < 4.78 is 10.6. The van der Waals surface area contributed by atoms with Gasteiger partial charge < -0.3 is 19.3 Å². The van der Waals surface area contributed by atoms with Crippen molar-refractivity contribution < 1.29 is 19.1 Å². The van der Waals surface area contributed by atoms with Crippen molar-refractivity contribution in [3.63, 3.8) is 0 Å². The third-order valence-corrected chi connectivity index (χ3v) is 6.36. The Morgan fingerprint density at radius 2 is 1.90 bits per heavy atom. The Morgan fingerprint density at radius 1 is 1.16 bits per heavy atom. The van der Waals surface area contributed by atoms with E-state index < -0.39 is 0 Å². The molecule has 0 radical (unpaired) electrons. The van der Waals surface area contributed by atoms with Crippen molar-refractivity contribution in [3.8, 4) is 11.5 Å². The Labute approximate surface area is 192 Å². The molecule has 1 heterocycles. The number of rotatable bonds is 8. The standard InChI is InChI=1S/C23H26Cl2N2O4/c1-26(13-16-5-4-6-18(24)22(16)25)23(29)17-12-21(28)27(14-17)10-9-15-7-8-19(30-2)20(11-15)31-3/h4-8,11,17H,9-10,12-14H2,1-3H3. The van der Waals surface area contributed by atoms with Gasteiger partial charge in [0.15, 0.2) is 11.5 Å². The van der Waals surface area contributed by atoms with E-state index in [-0.39, 0.29) is 24.2 Å². The van der Waals surface area contributed by atoms with Gasteiger partial charge in [-0.25, -0.2) is 0 Å². The molecule has 1 aliphatic heterocycles. The van der Waals surface area contributed by atoms with Crippen LogP contribution in [-0.2, 0) is 22.6 Å². The normalized spacial score (nSPS) is 15.8. The second-order valence-corrected chi connectivity index (χ2v) is 8.37. The molecule has 1 fully saturated rings. The number of amides is 2. The average Bonchev–Trinajstić information content (AvgIpc) is 3.15. The summed E-state index contributed by atoms with van der Waals surface area (Å²) in [6.45, 7) is 1.30. The van der Waals surface area contributed by atoms with E-state index in [1.54, 1.807) is 43.2 Å². The zero-order chi connectivity index (χ0) is 22.5. The Kier molecular flexibility index (Phi) is 7.68. The summed E-state index contributed by atoms with van der Waals surface area (Å²) in [4.78, 5) is 28.7. The van der Waals surface area contributed by atoms with E-state index in [0.29, 0.717) is 47.6 Å². The van der Waals surface area contributed by atoms with E-state index >= 15 is 0 Å². The van der Waals surface area contributed by atoms with Gasteiger partial charge in [-0.15, -0.1) is 0 Å². The van der Waals surface area contributed by atoms with Gasteiger partial charge in [0.05, 0.1) is 30.2 Å². The molecule has 8 heteroatoms. The number of halogens is 2. The molecule has 2 aromatic rings. The summed E-state index contributed by atoms with van der Waals surface area (Å²) in [6.07, 6.45) is 0.888. The fourth-order valence-electron chi connectivity index (χ4n) is 3.77. The maximum atomic E-state index is 12.9. The van der Waals surface area contributed by atoms with Gasteiger partial charge in [-0.3, -0.25) is 9.59 Å². The fraction of sp³-hybridized carbons (Fsp3) is 0.391. The molecule has 1 unspecified atom stereocenters. The molecule has 3 rings (SSSR count). The molecule has 0 saturated carbocycles. The lowest BCUT2D eigenvalue weighted by Crippen LogP contribution is -2.34. The molecular weight excluding hydrogens is 439 g/mol. The van der Waals surface area contributed by atoms with Gasteiger partial charge in [0.2, 0.25) is 11.8 Å². The van der Waals surface area contributed by atoms with Gasteiger partial charge in [0, 0.05) is 33.1 Å². The summed E-state index contributed by atoms with van der Waals surface area (Å²) in [5.74, 6) is 0.881. The molecular formula is C23H26Cl2N2O4. The monoisotopic (exact) mass is 464 g/mol. The minimum atomic E-state index is -0.360. The van der Waals surface area contributed by atoms with E-state index in [1.807, 2.05) is 24.3 Å². The van der Waals surface area contributed by atoms with E-state index in [9.17, 15) is 9.59 Å². The summed E-state index contributed by atoms with van der Waals surface area (Å²) in [7, 11) is 4.90. The molecule has 1 atom stereocenters. The quantitative estimate of drug-likeness (QED) is 0.590. The van der Waals surface area contributed by atoms with Crippen LogP contribution in [0.4, 0.5) is 0 Å². The van der Waals surface area contributed by atoms with E-state index in [4.69, 9.17) is 32.7 Å². The Hall–Kier alpha value is -2.44. The number of methoxy groups -OCH3 is 2. The van der Waals surface area contributed by atoms with Crippen LogP contribution in [0.25, 0.3) is 0 Å². The van der Waals surface area contributed by atoms with Crippen LogP contribution in [-0.4, -0.2) is 56.0 Å². The highest BCUT2D eigenvalue weighted by Crippen LogP contribution is 2.29. The summed E-state index contributed by atoms with van der Waals surface area (Å²) in [5, 5.41) is 0.903. The Balaban J connectivity index is 1.58. The van der Waals surface area contributed by atoms with Gasteiger partial charge in [-0.05, 0) is 35.7 Å². The Bertz CT molecular complexity index is 967. The number of carbonyl (C=O) groups is 2. The summed E-state index contributed by atoms with van der Waals surface area (Å²) in [6, 6.07) is 11.1. The fourth-order valence-corrected chi connectivity index (χ4v) is 4.15. The highest BCUT2D eigenvalue weighted by Gasteiger charge is 2.35. The van der Waals surface area contributed by atoms with Gasteiger partial charge in [0.1, 0.15) is 0 Å². The van der Waals surface area contributed by atoms with Crippen LogP contribution in [0.3, 0.4) is 0 Å². The molecule has 0 aromatic heterocycles. The van der Waals surface area contributed by atoms with Crippen LogP contribution in [0.2, 0.25) is 10.0 Å². The van der Waals surface area contributed by atoms with Crippen molar-refractivity contribution in [3.05, 3.63) is 57.6 Å². The Morgan fingerprint density at radius 3 is 2.61 bits per heavy atom. The first kappa shape index (κ1) is 23.2.